The fourth-order valence-corrected chi connectivity index (χ4v) is 7.51. The number of aromatic nitrogens is 1. The Morgan fingerprint density at radius 2 is 1.83 bits per heavy atom. The molecule has 2 fully saturated rings. The molecule has 3 heterocycles. The maximum Gasteiger partial charge on any atom is 0.254 e. The molecule has 0 N–H and O–H groups in total. The van der Waals surface area contributed by atoms with Crippen LogP contribution in [0.4, 0.5) is 4.39 Å². The lowest BCUT2D eigenvalue weighted by Crippen LogP contribution is -2.33. The number of nitrogens with zero attached hydrogens (tertiary/aromatic N) is 3. The van der Waals surface area contributed by atoms with Gasteiger partial charge in [-0.25, -0.2) is 13.4 Å². The summed E-state index contributed by atoms with van der Waals surface area (Å²) in [5.41, 5.74) is 4.00. The van der Waals surface area contributed by atoms with Crippen LogP contribution in [0.25, 0.3) is 0 Å². The van der Waals surface area contributed by atoms with Crippen molar-refractivity contribution in [3.05, 3.63) is 94.1 Å². The third kappa shape index (κ3) is 6.29. The van der Waals surface area contributed by atoms with E-state index in [0.29, 0.717) is 60.6 Å². The van der Waals surface area contributed by atoms with E-state index < -0.39 is 28.1 Å². The Bertz CT molecular complexity index is 1550. The van der Waals surface area contributed by atoms with Gasteiger partial charge in [0, 0.05) is 30.5 Å². The number of sulfonamides is 1. The summed E-state index contributed by atoms with van der Waals surface area (Å²) in [6.45, 7) is 6.65. The lowest BCUT2D eigenvalue weighted by Gasteiger charge is -2.25. The van der Waals surface area contributed by atoms with Gasteiger partial charge in [-0.2, -0.15) is 8.70 Å². The first-order chi connectivity index (χ1) is 19.6. The Hall–Kier alpha value is -3.34. The van der Waals surface area contributed by atoms with Crippen molar-refractivity contribution in [3.63, 3.8) is 0 Å². The van der Waals surface area contributed by atoms with E-state index in [2.05, 4.69) is 4.98 Å². The van der Waals surface area contributed by atoms with Gasteiger partial charge in [-0.1, -0.05) is 35.9 Å². The third-order valence-corrected chi connectivity index (χ3v) is 9.75. The van der Waals surface area contributed by atoms with Gasteiger partial charge >= 0.3 is 0 Å². The number of benzene rings is 2. The number of amides is 1. The molecule has 2 aromatic carbocycles. The average molecular weight is 582 g/mol. The Labute approximate surface area is 241 Å². The number of carbonyl (C=O) groups is 1. The van der Waals surface area contributed by atoms with Gasteiger partial charge in [0.25, 0.3) is 5.91 Å². The van der Waals surface area contributed by atoms with Gasteiger partial charge < -0.3 is 14.4 Å². The molecule has 1 amide bonds. The molecule has 3 unspecified atom stereocenters. The number of hydrogen-bond donors (Lipinski definition) is 0. The first kappa shape index (κ1) is 29.2. The Morgan fingerprint density at radius 1 is 1.05 bits per heavy atom. The topological polar surface area (TPSA) is 89.0 Å². The predicted molar refractivity (Wildman–Crippen MR) is 154 cm³/mol. The summed E-state index contributed by atoms with van der Waals surface area (Å²) in [5.74, 6) is -0.434. The zero-order valence-corrected chi connectivity index (χ0v) is 24.7. The maximum atomic E-state index is 14.6. The van der Waals surface area contributed by atoms with E-state index in [1.165, 1.54) is 4.31 Å². The molecular formula is C31H36FN3O5S. The normalized spacial score (nSPS) is 21.4. The van der Waals surface area contributed by atoms with Crippen LogP contribution in [0.5, 0.6) is 5.75 Å². The van der Waals surface area contributed by atoms with Crippen molar-refractivity contribution in [2.45, 2.75) is 57.6 Å². The molecule has 0 radical (unpaired) electrons. The molecule has 2 aliphatic heterocycles. The molecule has 0 aliphatic carbocycles. The highest BCUT2D eigenvalue weighted by atomic mass is 32.2. The standard InChI is InChI=1S/C31H36FN3O5S/c1-20-10-11-21(2)26(15-20)31(36)34-17-28(39-4)29(18-34)40-24-8-5-7-23(16-24)19-41(37,38)35-14-6-9-27(35)25-13-12-22(3)33-30(25)32/h5,7-8,10-13,15-16,27-29H,6,9,14,17-19H2,1-4H3. The fourth-order valence-electron chi connectivity index (χ4n) is 5.73. The van der Waals surface area contributed by atoms with Crippen molar-refractivity contribution < 1.29 is 27.1 Å². The summed E-state index contributed by atoms with van der Waals surface area (Å²) in [6.07, 6.45) is 0.444. The van der Waals surface area contributed by atoms with E-state index in [1.54, 1.807) is 55.3 Å². The average Bonchev–Trinajstić information content (AvgIpc) is 3.58. The van der Waals surface area contributed by atoms with Gasteiger partial charge in [0.05, 0.1) is 24.9 Å². The first-order valence-corrected chi connectivity index (χ1v) is 15.4. The van der Waals surface area contributed by atoms with E-state index in [1.807, 2.05) is 32.0 Å². The van der Waals surface area contributed by atoms with E-state index >= 15 is 0 Å². The number of likely N-dealkylation sites (tertiary alicyclic amines) is 1. The zero-order valence-electron chi connectivity index (χ0n) is 23.8. The smallest absolute Gasteiger partial charge is 0.254 e. The third-order valence-electron chi connectivity index (χ3n) is 7.90. The maximum absolute atomic E-state index is 14.6. The second kappa shape index (κ2) is 11.9. The second-order valence-corrected chi connectivity index (χ2v) is 12.9. The van der Waals surface area contributed by atoms with Crippen molar-refractivity contribution in [1.29, 1.82) is 0 Å². The zero-order chi connectivity index (χ0) is 29.3. The van der Waals surface area contributed by atoms with Crippen LogP contribution < -0.4 is 4.74 Å². The van der Waals surface area contributed by atoms with E-state index in [0.717, 1.165) is 11.1 Å². The molecule has 3 aromatic rings. The summed E-state index contributed by atoms with van der Waals surface area (Å²) in [7, 11) is -2.16. The summed E-state index contributed by atoms with van der Waals surface area (Å²) >= 11 is 0. The molecule has 3 atom stereocenters. The number of pyridine rings is 1. The van der Waals surface area contributed by atoms with Gasteiger partial charge in [0.2, 0.25) is 16.0 Å². The molecule has 2 aliphatic rings. The van der Waals surface area contributed by atoms with Crippen LogP contribution in [0, 0.1) is 26.7 Å². The molecule has 2 saturated heterocycles. The van der Waals surface area contributed by atoms with Gasteiger partial charge in [0.15, 0.2) is 0 Å². The first-order valence-electron chi connectivity index (χ1n) is 13.8. The van der Waals surface area contributed by atoms with E-state index in [9.17, 15) is 17.6 Å². The van der Waals surface area contributed by atoms with Crippen molar-refractivity contribution in [3.8, 4) is 5.75 Å². The van der Waals surface area contributed by atoms with Crippen LogP contribution in [0.15, 0.2) is 54.6 Å². The number of hydrogen-bond acceptors (Lipinski definition) is 6. The van der Waals surface area contributed by atoms with Crippen LogP contribution >= 0.6 is 0 Å². The molecule has 1 aromatic heterocycles. The number of carbonyl (C=O) groups excluding carboxylic acids is 1. The molecular weight excluding hydrogens is 545 g/mol. The minimum absolute atomic E-state index is 0.0698. The summed E-state index contributed by atoms with van der Waals surface area (Å²) in [5, 5.41) is 0. The van der Waals surface area contributed by atoms with E-state index in [-0.39, 0.29) is 17.8 Å². The second-order valence-electron chi connectivity index (χ2n) is 11.0. The molecule has 218 valence electrons. The van der Waals surface area contributed by atoms with Crippen LogP contribution in [-0.2, 0) is 20.5 Å². The van der Waals surface area contributed by atoms with Gasteiger partial charge in [-0.15, -0.1) is 0 Å². The molecule has 5 rings (SSSR count). The summed E-state index contributed by atoms with van der Waals surface area (Å²) in [6, 6.07) is 15.5. The predicted octanol–water partition coefficient (Wildman–Crippen LogP) is 4.73. The molecule has 0 saturated carbocycles. The van der Waals surface area contributed by atoms with Crippen LogP contribution in [0.1, 0.15) is 57.2 Å². The minimum Gasteiger partial charge on any atom is -0.486 e. The van der Waals surface area contributed by atoms with Gasteiger partial charge in [-0.05, 0) is 69.0 Å². The van der Waals surface area contributed by atoms with Crippen LogP contribution in [0.2, 0.25) is 0 Å². The minimum atomic E-state index is -3.75. The Morgan fingerprint density at radius 3 is 2.59 bits per heavy atom. The highest BCUT2D eigenvalue weighted by molar-refractivity contribution is 7.88. The van der Waals surface area contributed by atoms with Crippen molar-refractivity contribution in [2.24, 2.45) is 0 Å². The van der Waals surface area contributed by atoms with Crippen molar-refractivity contribution >= 4 is 15.9 Å². The quantitative estimate of drug-likeness (QED) is 0.358. The van der Waals surface area contributed by atoms with Crippen LogP contribution in [-0.4, -0.2) is 67.5 Å². The number of aryl methyl sites for hydroxylation is 3. The molecule has 41 heavy (non-hydrogen) atoms. The molecule has 0 spiro atoms. The number of methoxy groups -OCH3 is 1. The number of rotatable bonds is 8. The van der Waals surface area contributed by atoms with Gasteiger partial charge in [0.1, 0.15) is 18.0 Å². The lowest BCUT2D eigenvalue weighted by atomic mass is 10.0. The molecule has 10 heteroatoms. The van der Waals surface area contributed by atoms with Gasteiger partial charge in [-0.3, -0.25) is 4.79 Å². The van der Waals surface area contributed by atoms with E-state index in [4.69, 9.17) is 9.47 Å². The summed E-state index contributed by atoms with van der Waals surface area (Å²) in [4.78, 5) is 18.9. The van der Waals surface area contributed by atoms with Crippen molar-refractivity contribution in [2.75, 3.05) is 26.7 Å². The monoisotopic (exact) mass is 581 g/mol. The van der Waals surface area contributed by atoms with Crippen LogP contribution in [0.3, 0.4) is 0 Å². The Kier molecular flexibility index (Phi) is 8.45. The van der Waals surface area contributed by atoms with Crippen molar-refractivity contribution in [1.82, 2.24) is 14.2 Å². The summed E-state index contributed by atoms with van der Waals surface area (Å²) < 4.78 is 54.9. The fraction of sp³-hybridized carbons (Fsp3) is 0.419. The molecule has 8 nitrogen and oxygen atoms in total. The molecule has 0 bridgehead atoms. The SMILES string of the molecule is COC1CN(C(=O)c2cc(C)ccc2C)CC1Oc1cccc(CS(=O)(=O)N2CCCC2c2ccc(C)nc2F)c1. The largest absolute Gasteiger partial charge is 0.486 e. The number of ether oxygens (including phenoxy) is 2. The highest BCUT2D eigenvalue weighted by Gasteiger charge is 2.39. The lowest BCUT2D eigenvalue weighted by molar-refractivity contribution is 0.0339. The Balaban J connectivity index is 1.29. The highest BCUT2D eigenvalue weighted by Crippen LogP contribution is 2.36. The number of halogens is 1.